The van der Waals surface area contributed by atoms with Gasteiger partial charge in [-0.2, -0.15) is 0 Å². The Kier molecular flexibility index (Phi) is 7.53. The zero-order chi connectivity index (χ0) is 25.3. The number of aromatic nitrogens is 1. The Hall–Kier alpha value is -2.44. The Morgan fingerprint density at radius 1 is 1.31 bits per heavy atom. The van der Waals surface area contributed by atoms with Crippen LogP contribution in [0.5, 0.6) is 0 Å². The fourth-order valence-corrected chi connectivity index (χ4v) is 6.48. The Morgan fingerprint density at radius 2 is 2.09 bits per heavy atom. The molecule has 0 bridgehead atoms. The topological polar surface area (TPSA) is 71.7 Å². The highest BCUT2D eigenvalue weighted by atomic mass is 32.2. The van der Waals surface area contributed by atoms with E-state index in [1.165, 1.54) is 11.1 Å². The molecular weight excluding hydrogens is 456 g/mol. The van der Waals surface area contributed by atoms with Crippen LogP contribution in [0.2, 0.25) is 0 Å². The molecule has 4 rings (SSSR count). The van der Waals surface area contributed by atoms with Gasteiger partial charge >= 0.3 is 0 Å². The molecule has 35 heavy (non-hydrogen) atoms. The van der Waals surface area contributed by atoms with Crippen molar-refractivity contribution in [1.29, 1.82) is 0 Å². The van der Waals surface area contributed by atoms with Crippen LogP contribution in [-0.2, 0) is 30.3 Å². The van der Waals surface area contributed by atoms with Crippen molar-refractivity contribution in [3.63, 3.8) is 0 Å². The maximum Gasteiger partial charge on any atom is 0.182 e. The Morgan fingerprint density at radius 3 is 2.80 bits per heavy atom. The van der Waals surface area contributed by atoms with Gasteiger partial charge in [0.05, 0.1) is 17.3 Å². The zero-order valence-electron chi connectivity index (χ0n) is 21.4. The van der Waals surface area contributed by atoms with Crippen molar-refractivity contribution < 1.29 is 14.7 Å². The van der Waals surface area contributed by atoms with Crippen molar-refractivity contribution >= 4 is 30.0 Å². The third kappa shape index (κ3) is 5.39. The van der Waals surface area contributed by atoms with E-state index in [0.717, 1.165) is 70.7 Å². The van der Waals surface area contributed by atoms with E-state index in [9.17, 15) is 14.7 Å². The van der Waals surface area contributed by atoms with Crippen molar-refractivity contribution in [2.24, 2.45) is 18.0 Å². The maximum atomic E-state index is 13.4. The first-order valence-electron chi connectivity index (χ1n) is 12.5. The number of Topliss-reactive ketones (excluding diaryl/α,β-unsaturated/α-hetero) is 1. The van der Waals surface area contributed by atoms with Gasteiger partial charge in [-0.1, -0.05) is 48.5 Å². The van der Waals surface area contributed by atoms with E-state index in [1.54, 1.807) is 25.6 Å². The van der Waals surface area contributed by atoms with Crippen LogP contribution in [-0.4, -0.2) is 34.0 Å². The number of fused-ring (bicyclic) bond motifs is 3. The fraction of sp³-hybridized carbons (Fsp3) is 0.483. The lowest BCUT2D eigenvalue weighted by Crippen LogP contribution is -2.16. The number of carbonyl (C=O) groups excluding carboxylic acids is 2. The Labute approximate surface area is 212 Å². The zero-order valence-corrected chi connectivity index (χ0v) is 22.2. The third-order valence-corrected chi connectivity index (χ3v) is 8.82. The largest absolute Gasteiger partial charge is 0.386 e. The first-order valence-corrected chi connectivity index (χ1v) is 13.3. The molecule has 2 aliphatic rings. The quantitative estimate of drug-likeness (QED) is 0.496. The highest BCUT2D eigenvalue weighted by molar-refractivity contribution is 8.03. The van der Waals surface area contributed by atoms with Crippen LogP contribution in [0.15, 0.2) is 44.6 Å². The number of ketones is 1. The third-order valence-electron chi connectivity index (χ3n) is 7.23. The number of aliphatic hydroxyl groups is 1. The highest BCUT2D eigenvalue weighted by Crippen LogP contribution is 2.44. The lowest BCUT2D eigenvalue weighted by Gasteiger charge is -2.18. The number of rotatable bonds is 7. The first-order chi connectivity index (χ1) is 16.6. The molecule has 1 aromatic heterocycles. The molecular formula is C29H36N2O3S. The number of aryl methyl sites for hydroxylation is 1. The van der Waals surface area contributed by atoms with Gasteiger partial charge in [-0.05, 0) is 68.9 Å². The van der Waals surface area contributed by atoms with Gasteiger partial charge in [-0.15, -0.1) is 0 Å². The Bertz CT molecular complexity index is 1200. The minimum atomic E-state index is -0.854. The molecule has 0 saturated heterocycles. The Balaban J connectivity index is 1.51. The summed E-state index contributed by atoms with van der Waals surface area (Å²) in [5, 5.41) is 10.3. The van der Waals surface area contributed by atoms with E-state index in [-0.39, 0.29) is 17.7 Å². The summed E-state index contributed by atoms with van der Waals surface area (Å²) in [6.07, 6.45) is 7.75. The predicted octanol–water partition coefficient (Wildman–Crippen LogP) is 5.80. The normalized spacial score (nSPS) is 19.1. The van der Waals surface area contributed by atoms with E-state index in [2.05, 4.69) is 23.6 Å². The molecule has 0 radical (unpaired) electrons. The minimum Gasteiger partial charge on any atom is -0.386 e. The van der Waals surface area contributed by atoms with Crippen molar-refractivity contribution in [2.45, 2.75) is 82.8 Å². The van der Waals surface area contributed by atoms with Crippen molar-refractivity contribution in [3.8, 4) is 0 Å². The minimum absolute atomic E-state index is 0.0376. The van der Waals surface area contributed by atoms with E-state index in [0.29, 0.717) is 6.42 Å². The number of benzene rings is 1. The van der Waals surface area contributed by atoms with Crippen LogP contribution in [0, 0.1) is 5.92 Å². The number of carbonyl (C=O) groups is 2. The van der Waals surface area contributed by atoms with E-state index >= 15 is 0 Å². The van der Waals surface area contributed by atoms with Crippen LogP contribution in [0.1, 0.15) is 86.3 Å². The molecule has 0 saturated carbocycles. The van der Waals surface area contributed by atoms with E-state index in [4.69, 9.17) is 4.99 Å². The number of nitrogens with zero attached hydrogens (tertiary/aromatic N) is 2. The second kappa shape index (κ2) is 10.3. The molecule has 5 nitrogen and oxygen atoms in total. The summed E-state index contributed by atoms with van der Waals surface area (Å²) in [6, 6.07) is 8.06. The first kappa shape index (κ1) is 25.6. The van der Waals surface area contributed by atoms with Crippen LogP contribution in [0.4, 0.5) is 0 Å². The van der Waals surface area contributed by atoms with E-state index in [1.807, 2.05) is 32.3 Å². The standard InChI is InChI=1S/C29H36N2O3S/c1-18-12-13-24-28(35-27(18)19(2)17-32)23-16-30-22(15-25(33)26(23)31(24)5)11-7-9-20-8-6-10-21(14-20)29(3,4)34/h6,8,10,14,16-17,19,22,34H,7,9,11-13,15H2,1-5H3. The number of thioether (sulfide) groups is 1. The van der Waals surface area contributed by atoms with Crippen molar-refractivity contribution in [2.75, 3.05) is 0 Å². The van der Waals surface area contributed by atoms with Gasteiger partial charge in [-0.25, -0.2) is 0 Å². The van der Waals surface area contributed by atoms with Gasteiger partial charge in [0.1, 0.15) is 6.29 Å². The maximum absolute atomic E-state index is 13.4. The second-order valence-electron chi connectivity index (χ2n) is 10.5. The number of allylic oxidation sites excluding steroid dienone is 2. The summed E-state index contributed by atoms with van der Waals surface area (Å²) in [5.41, 5.74) is 5.34. The number of aliphatic imine (C=N–C) groups is 1. The molecule has 2 aliphatic heterocycles. The lowest BCUT2D eigenvalue weighted by atomic mass is 9.94. The van der Waals surface area contributed by atoms with Gasteiger partial charge < -0.3 is 14.5 Å². The molecule has 2 atom stereocenters. The number of hydrogen-bond donors (Lipinski definition) is 1. The van der Waals surface area contributed by atoms with Gasteiger partial charge in [0.25, 0.3) is 0 Å². The summed E-state index contributed by atoms with van der Waals surface area (Å²) in [6.45, 7) is 7.65. The summed E-state index contributed by atoms with van der Waals surface area (Å²) < 4.78 is 2.07. The predicted molar refractivity (Wildman–Crippen MR) is 142 cm³/mol. The lowest BCUT2D eigenvalue weighted by molar-refractivity contribution is -0.109. The van der Waals surface area contributed by atoms with Crippen molar-refractivity contribution in [1.82, 2.24) is 4.57 Å². The molecule has 0 amide bonds. The molecule has 2 aromatic rings. The molecule has 1 aromatic carbocycles. The van der Waals surface area contributed by atoms with Gasteiger partial charge in [0.2, 0.25) is 0 Å². The summed E-state index contributed by atoms with van der Waals surface area (Å²) in [4.78, 5) is 32.0. The molecule has 0 spiro atoms. The summed E-state index contributed by atoms with van der Waals surface area (Å²) in [5.74, 6) is -0.00345. The molecule has 0 aliphatic carbocycles. The average Bonchev–Trinajstić information content (AvgIpc) is 2.92. The smallest absolute Gasteiger partial charge is 0.182 e. The second-order valence-corrected chi connectivity index (χ2v) is 11.5. The summed E-state index contributed by atoms with van der Waals surface area (Å²) in [7, 11) is 1.99. The highest BCUT2D eigenvalue weighted by Gasteiger charge is 2.31. The van der Waals surface area contributed by atoms with Gasteiger partial charge in [0, 0.05) is 41.8 Å². The number of aldehydes is 1. The summed E-state index contributed by atoms with van der Waals surface area (Å²) >= 11 is 1.65. The van der Waals surface area contributed by atoms with Crippen LogP contribution in [0.25, 0.3) is 0 Å². The average molecular weight is 493 g/mol. The SMILES string of the molecule is CC1=C(C(C)C=O)Sc2c3c(n(C)c2CC1)C(=O)CC(CCCc1cccc(C(C)(C)O)c1)N=C3. The van der Waals surface area contributed by atoms with Crippen LogP contribution in [0.3, 0.4) is 0 Å². The van der Waals surface area contributed by atoms with Crippen LogP contribution < -0.4 is 0 Å². The number of hydrogen-bond acceptors (Lipinski definition) is 5. The molecule has 0 fully saturated rings. The van der Waals surface area contributed by atoms with Gasteiger partial charge in [0.15, 0.2) is 5.78 Å². The fourth-order valence-electron chi connectivity index (χ4n) is 5.12. The van der Waals surface area contributed by atoms with Crippen LogP contribution >= 0.6 is 11.8 Å². The monoisotopic (exact) mass is 492 g/mol. The molecule has 1 N–H and O–H groups in total. The molecule has 186 valence electrons. The molecule has 2 unspecified atom stereocenters. The van der Waals surface area contributed by atoms with Gasteiger partial charge in [-0.3, -0.25) is 9.79 Å². The molecule has 3 heterocycles. The molecule has 6 heteroatoms. The van der Waals surface area contributed by atoms with Crippen molar-refractivity contribution in [3.05, 3.63) is 62.8 Å². The van der Waals surface area contributed by atoms with E-state index < -0.39 is 5.60 Å².